The lowest BCUT2D eigenvalue weighted by molar-refractivity contribution is 1.09. The molecule has 0 spiro atoms. The van der Waals surface area contributed by atoms with Gasteiger partial charge in [-0.15, -0.1) is 10.2 Å². The molecule has 4 nitrogen and oxygen atoms in total. The molecule has 4 heteroatoms. The van der Waals surface area contributed by atoms with Crippen molar-refractivity contribution in [2.75, 3.05) is 0 Å². The molecule has 0 atom stereocenters. The van der Waals surface area contributed by atoms with Crippen molar-refractivity contribution >= 4 is 27.9 Å². The fraction of sp³-hybridized carbons (Fsp3) is 0.105. The number of hydrogen-bond donors (Lipinski definition) is 0. The molecule has 2 aromatic carbocycles. The Kier molecular flexibility index (Phi) is 3.15. The Labute approximate surface area is 134 Å². The number of rotatable bonds is 2. The average molecular weight is 300 g/mol. The number of aromatic nitrogens is 2. The molecule has 0 aliphatic carbocycles. The van der Waals surface area contributed by atoms with Crippen molar-refractivity contribution in [2.24, 2.45) is 10.2 Å². The molecule has 0 aliphatic rings. The van der Waals surface area contributed by atoms with E-state index in [9.17, 15) is 0 Å². The minimum atomic E-state index is 0.775. The van der Waals surface area contributed by atoms with Crippen molar-refractivity contribution in [3.8, 4) is 0 Å². The fourth-order valence-corrected chi connectivity index (χ4v) is 2.82. The van der Waals surface area contributed by atoms with Crippen LogP contribution in [0.2, 0.25) is 0 Å². The van der Waals surface area contributed by atoms with E-state index in [1.54, 1.807) is 0 Å². The zero-order valence-electron chi connectivity index (χ0n) is 13.1. The molecule has 4 rings (SSSR count). The van der Waals surface area contributed by atoms with Crippen LogP contribution >= 0.6 is 0 Å². The Morgan fingerprint density at radius 2 is 1.70 bits per heavy atom. The average Bonchev–Trinajstić information content (AvgIpc) is 2.90. The Bertz CT molecular complexity index is 1040. The highest BCUT2D eigenvalue weighted by atomic mass is 15.2. The number of aryl methyl sites for hydroxylation is 2. The number of fused-ring (bicyclic) bond motifs is 2. The number of imidazole rings is 1. The van der Waals surface area contributed by atoms with Crippen LogP contribution in [0.1, 0.15) is 11.3 Å². The maximum atomic E-state index is 4.60. The summed E-state index contributed by atoms with van der Waals surface area (Å²) >= 11 is 0. The lowest BCUT2D eigenvalue weighted by Gasteiger charge is -2.01. The summed E-state index contributed by atoms with van der Waals surface area (Å²) in [4.78, 5) is 4.60. The van der Waals surface area contributed by atoms with Crippen molar-refractivity contribution in [3.05, 3.63) is 72.1 Å². The van der Waals surface area contributed by atoms with Gasteiger partial charge < -0.3 is 0 Å². The molecule has 112 valence electrons. The van der Waals surface area contributed by atoms with Crippen LogP contribution in [-0.2, 0) is 0 Å². The fourth-order valence-electron chi connectivity index (χ4n) is 2.82. The normalized spacial score (nSPS) is 11.7. The first-order valence-electron chi connectivity index (χ1n) is 7.58. The van der Waals surface area contributed by atoms with Gasteiger partial charge in [0.15, 0.2) is 5.82 Å². The van der Waals surface area contributed by atoms with Gasteiger partial charge >= 0.3 is 0 Å². The second-order valence-corrected chi connectivity index (χ2v) is 5.60. The first-order valence-corrected chi connectivity index (χ1v) is 7.58. The molecule has 2 heterocycles. The zero-order valence-corrected chi connectivity index (χ0v) is 13.1. The molecule has 0 saturated carbocycles. The minimum absolute atomic E-state index is 0.775. The molecule has 0 aliphatic heterocycles. The monoisotopic (exact) mass is 300 g/mol. The maximum absolute atomic E-state index is 4.60. The smallest absolute Gasteiger partial charge is 0.182 e. The van der Waals surface area contributed by atoms with Gasteiger partial charge in [-0.05, 0) is 36.9 Å². The van der Waals surface area contributed by atoms with Crippen LogP contribution in [0.15, 0.2) is 71.0 Å². The van der Waals surface area contributed by atoms with E-state index in [2.05, 4.69) is 33.4 Å². The molecule has 0 fully saturated rings. The lowest BCUT2D eigenvalue weighted by atomic mass is 10.1. The molecule has 0 unspecified atom stereocenters. The second-order valence-electron chi connectivity index (χ2n) is 5.60. The van der Waals surface area contributed by atoms with Gasteiger partial charge in [0.2, 0.25) is 0 Å². The van der Waals surface area contributed by atoms with Gasteiger partial charge in [0, 0.05) is 11.6 Å². The number of nitrogens with zero attached hydrogens (tertiary/aromatic N) is 4. The van der Waals surface area contributed by atoms with E-state index in [0.29, 0.717) is 0 Å². The molecule has 0 saturated heterocycles. The summed E-state index contributed by atoms with van der Waals surface area (Å²) in [6.07, 6.45) is 1.97. The Hall–Kier alpha value is -3.01. The second kappa shape index (κ2) is 5.32. The zero-order chi connectivity index (χ0) is 15.8. The molecule has 0 bridgehead atoms. The SMILES string of the molecule is Cc1nc2c(C)cccn2c1N=Nc1cccc2ccccc12. The highest BCUT2D eigenvalue weighted by Crippen LogP contribution is 2.29. The topological polar surface area (TPSA) is 42.0 Å². The number of pyridine rings is 1. The van der Waals surface area contributed by atoms with Crippen molar-refractivity contribution in [2.45, 2.75) is 13.8 Å². The largest absolute Gasteiger partial charge is 0.283 e. The maximum Gasteiger partial charge on any atom is 0.182 e. The van der Waals surface area contributed by atoms with Crippen LogP contribution in [0, 0.1) is 13.8 Å². The molecule has 0 amide bonds. The third-order valence-corrected chi connectivity index (χ3v) is 4.01. The van der Waals surface area contributed by atoms with Crippen LogP contribution in [0.5, 0.6) is 0 Å². The summed E-state index contributed by atoms with van der Waals surface area (Å²) in [5.41, 5.74) is 3.80. The van der Waals surface area contributed by atoms with Crippen LogP contribution in [0.3, 0.4) is 0 Å². The summed E-state index contributed by atoms with van der Waals surface area (Å²) in [6, 6.07) is 18.3. The highest BCUT2D eigenvalue weighted by Gasteiger charge is 2.09. The van der Waals surface area contributed by atoms with Crippen molar-refractivity contribution in [1.82, 2.24) is 9.38 Å². The van der Waals surface area contributed by atoms with Gasteiger partial charge in [-0.2, -0.15) is 0 Å². The van der Waals surface area contributed by atoms with E-state index < -0.39 is 0 Å². The van der Waals surface area contributed by atoms with Crippen LogP contribution in [0.25, 0.3) is 16.4 Å². The van der Waals surface area contributed by atoms with Crippen LogP contribution in [-0.4, -0.2) is 9.38 Å². The number of benzene rings is 2. The number of azo groups is 1. The lowest BCUT2D eigenvalue weighted by Crippen LogP contribution is -1.85. The van der Waals surface area contributed by atoms with Gasteiger partial charge in [-0.1, -0.05) is 42.5 Å². The Morgan fingerprint density at radius 1 is 0.870 bits per heavy atom. The predicted molar refractivity (Wildman–Crippen MR) is 92.8 cm³/mol. The molecule has 0 N–H and O–H groups in total. The first kappa shape index (κ1) is 13.6. The van der Waals surface area contributed by atoms with E-state index in [1.807, 2.05) is 60.8 Å². The van der Waals surface area contributed by atoms with E-state index in [-0.39, 0.29) is 0 Å². The quantitative estimate of drug-likeness (QED) is 0.449. The summed E-state index contributed by atoms with van der Waals surface area (Å²) < 4.78 is 1.99. The molecule has 2 aromatic heterocycles. The summed E-state index contributed by atoms with van der Waals surface area (Å²) in [5.74, 6) is 0.775. The molecular weight excluding hydrogens is 284 g/mol. The van der Waals surface area contributed by atoms with Crippen LogP contribution < -0.4 is 0 Å². The van der Waals surface area contributed by atoms with Gasteiger partial charge in [0.05, 0.1) is 11.4 Å². The van der Waals surface area contributed by atoms with Gasteiger partial charge in [0.25, 0.3) is 0 Å². The van der Waals surface area contributed by atoms with Gasteiger partial charge in [-0.3, -0.25) is 4.40 Å². The predicted octanol–water partition coefficient (Wildman–Crippen LogP) is 5.52. The highest BCUT2D eigenvalue weighted by molar-refractivity contribution is 5.92. The Morgan fingerprint density at radius 3 is 2.61 bits per heavy atom. The van der Waals surface area contributed by atoms with E-state index >= 15 is 0 Å². The molecule has 4 aromatic rings. The van der Waals surface area contributed by atoms with Gasteiger partial charge in [-0.25, -0.2) is 4.98 Å². The van der Waals surface area contributed by atoms with Gasteiger partial charge in [0.1, 0.15) is 5.65 Å². The molecule has 0 radical (unpaired) electrons. The van der Waals surface area contributed by atoms with E-state index in [0.717, 1.165) is 39.2 Å². The third-order valence-electron chi connectivity index (χ3n) is 4.01. The van der Waals surface area contributed by atoms with Crippen molar-refractivity contribution in [1.29, 1.82) is 0 Å². The molecule has 23 heavy (non-hydrogen) atoms. The van der Waals surface area contributed by atoms with E-state index in [1.165, 1.54) is 0 Å². The number of hydrogen-bond acceptors (Lipinski definition) is 3. The van der Waals surface area contributed by atoms with Crippen molar-refractivity contribution < 1.29 is 0 Å². The van der Waals surface area contributed by atoms with Crippen LogP contribution in [0.4, 0.5) is 11.5 Å². The first-order chi connectivity index (χ1) is 11.2. The minimum Gasteiger partial charge on any atom is -0.283 e. The summed E-state index contributed by atoms with van der Waals surface area (Å²) in [6.45, 7) is 4.01. The summed E-state index contributed by atoms with van der Waals surface area (Å²) in [7, 11) is 0. The molecular formula is C19H16N4. The summed E-state index contributed by atoms with van der Waals surface area (Å²) in [5, 5.41) is 11.2. The standard InChI is InChI=1S/C19H16N4/c1-13-7-6-12-23-18(13)20-14(2)19(23)22-21-17-11-5-9-15-8-3-4-10-16(15)17/h3-12H,1-2H3. The Balaban J connectivity index is 1.85. The van der Waals surface area contributed by atoms with Crippen molar-refractivity contribution in [3.63, 3.8) is 0 Å². The third kappa shape index (κ3) is 2.28. The van der Waals surface area contributed by atoms with E-state index in [4.69, 9.17) is 0 Å².